The molecule has 0 radical (unpaired) electrons. The molecule has 1 aromatic heterocycles. The van der Waals surface area contributed by atoms with Crippen molar-refractivity contribution in [1.29, 1.82) is 0 Å². The van der Waals surface area contributed by atoms with Crippen LogP contribution in [0.25, 0.3) is 0 Å². The van der Waals surface area contributed by atoms with E-state index < -0.39 is 0 Å². The van der Waals surface area contributed by atoms with E-state index >= 15 is 0 Å². The number of hydrogen-bond acceptors (Lipinski definition) is 3. The van der Waals surface area contributed by atoms with Crippen LogP contribution in [0, 0.1) is 0 Å². The monoisotopic (exact) mass is 301 g/mol. The van der Waals surface area contributed by atoms with Crippen LogP contribution in [0.3, 0.4) is 0 Å². The third kappa shape index (κ3) is 4.35. The molecule has 0 saturated carbocycles. The Morgan fingerprint density at radius 2 is 2.00 bits per heavy atom. The quantitative estimate of drug-likeness (QED) is 0.800. The maximum absolute atomic E-state index is 12.0. The van der Waals surface area contributed by atoms with E-state index in [0.717, 1.165) is 5.75 Å². The summed E-state index contributed by atoms with van der Waals surface area (Å²) in [6, 6.07) is 7.79. The second-order valence-corrected chi connectivity index (χ2v) is 5.55. The van der Waals surface area contributed by atoms with Gasteiger partial charge in [0, 0.05) is 12.4 Å². The van der Waals surface area contributed by atoms with Gasteiger partial charge < -0.3 is 14.6 Å². The maximum atomic E-state index is 12.0. The summed E-state index contributed by atoms with van der Waals surface area (Å²) in [5, 5.41) is 2.86. The third-order valence-corrected chi connectivity index (χ3v) is 3.57. The smallest absolute Gasteiger partial charge is 0.242 e. The zero-order valence-electron chi connectivity index (χ0n) is 13.3. The van der Waals surface area contributed by atoms with Crippen LogP contribution in [0.2, 0.25) is 0 Å². The van der Waals surface area contributed by atoms with Gasteiger partial charge in [-0.05, 0) is 30.5 Å². The van der Waals surface area contributed by atoms with Crippen LogP contribution in [0.1, 0.15) is 38.3 Å². The molecule has 0 bridgehead atoms. The molecule has 0 aliphatic rings. The largest absolute Gasteiger partial charge is 0.492 e. The van der Waals surface area contributed by atoms with Gasteiger partial charge in [0.15, 0.2) is 0 Å². The highest BCUT2D eigenvalue weighted by Crippen LogP contribution is 2.18. The van der Waals surface area contributed by atoms with Gasteiger partial charge in [0.05, 0.1) is 12.9 Å². The van der Waals surface area contributed by atoms with Crippen molar-refractivity contribution in [3.05, 3.63) is 48.5 Å². The first kappa shape index (κ1) is 16.1. The van der Waals surface area contributed by atoms with Crippen LogP contribution >= 0.6 is 0 Å². The van der Waals surface area contributed by atoms with E-state index in [4.69, 9.17) is 4.74 Å². The Morgan fingerprint density at radius 3 is 2.59 bits per heavy atom. The minimum atomic E-state index is -0.271. The summed E-state index contributed by atoms with van der Waals surface area (Å²) < 4.78 is 7.39. The molecule has 0 aliphatic carbocycles. The number of rotatable bonds is 7. The van der Waals surface area contributed by atoms with Gasteiger partial charge in [-0.3, -0.25) is 4.79 Å². The van der Waals surface area contributed by atoms with Crippen molar-refractivity contribution in [2.75, 3.05) is 13.2 Å². The molecule has 5 nitrogen and oxygen atoms in total. The lowest BCUT2D eigenvalue weighted by Crippen LogP contribution is -2.33. The molecule has 0 spiro atoms. The van der Waals surface area contributed by atoms with Gasteiger partial charge in [0.1, 0.15) is 18.4 Å². The van der Waals surface area contributed by atoms with E-state index in [0.29, 0.717) is 19.1 Å². The lowest BCUT2D eigenvalue weighted by atomic mass is 10.0. The normalized spacial score (nSPS) is 12.2. The minimum Gasteiger partial charge on any atom is -0.492 e. The lowest BCUT2D eigenvalue weighted by molar-refractivity contribution is -0.123. The van der Waals surface area contributed by atoms with E-state index in [9.17, 15) is 4.79 Å². The zero-order chi connectivity index (χ0) is 15.9. The number of carbonyl (C=O) groups is 1. The van der Waals surface area contributed by atoms with Gasteiger partial charge in [-0.15, -0.1) is 0 Å². The van der Waals surface area contributed by atoms with Crippen molar-refractivity contribution >= 4 is 5.91 Å². The Balaban J connectivity index is 1.71. The molecule has 1 aromatic carbocycles. The van der Waals surface area contributed by atoms with Crippen molar-refractivity contribution in [2.24, 2.45) is 0 Å². The Morgan fingerprint density at radius 1 is 1.27 bits per heavy atom. The van der Waals surface area contributed by atoms with Gasteiger partial charge in [-0.2, -0.15) is 0 Å². The standard InChI is InChI=1S/C17H23N3O2/c1-13(2)15-4-6-16(7-5-15)22-11-9-19-17(21)14(3)20-10-8-18-12-20/h4-8,10,12-14H,9,11H2,1-3H3,(H,19,21)/t14-/m0/s1. The van der Waals surface area contributed by atoms with Gasteiger partial charge in [0.25, 0.3) is 0 Å². The minimum absolute atomic E-state index is 0.0447. The summed E-state index contributed by atoms with van der Waals surface area (Å²) in [4.78, 5) is 15.9. The molecule has 0 saturated heterocycles. The average molecular weight is 301 g/mol. The number of benzene rings is 1. The highest BCUT2D eigenvalue weighted by Gasteiger charge is 2.13. The fourth-order valence-electron chi connectivity index (χ4n) is 2.07. The Kier molecular flexibility index (Phi) is 5.58. The number of ether oxygens (including phenoxy) is 1. The van der Waals surface area contributed by atoms with Crippen molar-refractivity contribution in [2.45, 2.75) is 32.7 Å². The molecule has 0 unspecified atom stereocenters. The first-order chi connectivity index (χ1) is 10.6. The van der Waals surface area contributed by atoms with E-state index in [-0.39, 0.29) is 11.9 Å². The summed E-state index contributed by atoms with van der Waals surface area (Å²) in [5.41, 5.74) is 1.29. The SMILES string of the molecule is CC(C)c1ccc(OCCNC(=O)[C@H](C)n2ccnc2)cc1. The fourth-order valence-corrected chi connectivity index (χ4v) is 2.07. The molecule has 0 fully saturated rings. The van der Waals surface area contributed by atoms with Crippen LogP contribution < -0.4 is 10.1 Å². The summed E-state index contributed by atoms with van der Waals surface area (Å²) in [6.45, 7) is 7.08. The van der Waals surface area contributed by atoms with Crippen LogP contribution in [-0.2, 0) is 4.79 Å². The molecule has 5 heteroatoms. The van der Waals surface area contributed by atoms with E-state index in [1.165, 1.54) is 5.56 Å². The van der Waals surface area contributed by atoms with Crippen molar-refractivity contribution in [1.82, 2.24) is 14.9 Å². The maximum Gasteiger partial charge on any atom is 0.242 e. The summed E-state index contributed by atoms with van der Waals surface area (Å²) in [7, 11) is 0. The van der Waals surface area contributed by atoms with E-state index in [1.807, 2.05) is 19.1 Å². The molecular formula is C17H23N3O2. The molecule has 1 heterocycles. The zero-order valence-corrected chi connectivity index (χ0v) is 13.3. The topological polar surface area (TPSA) is 56.1 Å². The number of imidazole rings is 1. The molecule has 0 aliphatic heterocycles. The van der Waals surface area contributed by atoms with E-state index in [1.54, 1.807) is 23.3 Å². The van der Waals surface area contributed by atoms with Crippen LogP contribution in [0.4, 0.5) is 0 Å². The van der Waals surface area contributed by atoms with Crippen molar-refractivity contribution in [3.8, 4) is 5.75 Å². The molecular weight excluding hydrogens is 278 g/mol. The van der Waals surface area contributed by atoms with Crippen molar-refractivity contribution < 1.29 is 9.53 Å². The second-order valence-electron chi connectivity index (χ2n) is 5.55. The fraction of sp³-hybridized carbons (Fsp3) is 0.412. The van der Waals surface area contributed by atoms with Gasteiger partial charge in [-0.1, -0.05) is 26.0 Å². The van der Waals surface area contributed by atoms with Crippen LogP contribution in [-0.4, -0.2) is 28.6 Å². The molecule has 2 rings (SSSR count). The van der Waals surface area contributed by atoms with Gasteiger partial charge in [0.2, 0.25) is 5.91 Å². The van der Waals surface area contributed by atoms with Crippen molar-refractivity contribution in [3.63, 3.8) is 0 Å². The number of nitrogens with one attached hydrogen (secondary N) is 1. The molecule has 22 heavy (non-hydrogen) atoms. The van der Waals surface area contributed by atoms with Gasteiger partial charge >= 0.3 is 0 Å². The summed E-state index contributed by atoms with van der Waals surface area (Å²) >= 11 is 0. The van der Waals surface area contributed by atoms with Gasteiger partial charge in [-0.25, -0.2) is 4.98 Å². The first-order valence-corrected chi connectivity index (χ1v) is 7.56. The highest BCUT2D eigenvalue weighted by atomic mass is 16.5. The second kappa shape index (κ2) is 7.64. The highest BCUT2D eigenvalue weighted by molar-refractivity contribution is 5.79. The number of amides is 1. The predicted molar refractivity (Wildman–Crippen MR) is 86.0 cm³/mol. The molecule has 1 amide bonds. The Labute approximate surface area is 131 Å². The number of nitrogens with zero attached hydrogens (tertiary/aromatic N) is 2. The average Bonchev–Trinajstić information content (AvgIpc) is 3.05. The predicted octanol–water partition coefficient (Wildman–Crippen LogP) is 2.76. The lowest BCUT2D eigenvalue weighted by Gasteiger charge is -2.14. The summed E-state index contributed by atoms with van der Waals surface area (Å²) in [5.74, 6) is 1.29. The Bertz CT molecular complexity index is 576. The van der Waals surface area contributed by atoms with Crippen LogP contribution in [0.15, 0.2) is 43.0 Å². The van der Waals surface area contributed by atoms with E-state index in [2.05, 4.69) is 36.3 Å². The summed E-state index contributed by atoms with van der Waals surface area (Å²) in [6.07, 6.45) is 5.07. The molecule has 1 atom stereocenters. The molecule has 2 aromatic rings. The third-order valence-electron chi connectivity index (χ3n) is 3.57. The number of aromatic nitrogens is 2. The molecule has 118 valence electrons. The first-order valence-electron chi connectivity index (χ1n) is 7.56. The Hall–Kier alpha value is -2.30. The van der Waals surface area contributed by atoms with Crippen LogP contribution in [0.5, 0.6) is 5.75 Å². The number of hydrogen-bond donors (Lipinski definition) is 1. The molecule has 1 N–H and O–H groups in total. The number of carbonyl (C=O) groups excluding carboxylic acids is 1.